The molecule has 2 aromatic rings. The zero-order chi connectivity index (χ0) is 15.1. The molecule has 0 aliphatic heterocycles. The summed E-state index contributed by atoms with van der Waals surface area (Å²) in [5, 5.41) is 9.34. The average Bonchev–Trinajstić information content (AvgIpc) is 2.69. The largest absolute Gasteiger partial charge is 0.476 e. The third-order valence-electron chi connectivity index (χ3n) is 2.42. The van der Waals surface area contributed by atoms with Gasteiger partial charge in [0.05, 0.1) is 15.4 Å². The van der Waals surface area contributed by atoms with Crippen LogP contribution in [0, 0.1) is 12.7 Å². The minimum Gasteiger partial charge on any atom is -0.476 e. The van der Waals surface area contributed by atoms with Crippen molar-refractivity contribution in [3.05, 3.63) is 40.3 Å². The monoisotopic (exact) mass is 305 g/mol. The van der Waals surface area contributed by atoms with Crippen molar-refractivity contribution in [1.82, 2.24) is 4.98 Å². The highest BCUT2D eigenvalue weighted by Crippen LogP contribution is 2.36. The Morgan fingerprint density at radius 1 is 1.30 bits per heavy atom. The third-order valence-corrected chi connectivity index (χ3v) is 3.44. The van der Waals surface area contributed by atoms with E-state index in [0.29, 0.717) is 17.1 Å². The number of thiazole rings is 1. The number of rotatable bonds is 2. The number of hydrogen-bond acceptors (Lipinski definition) is 3. The number of carboxylic acids is 1. The Balaban J connectivity index is 2.64. The normalized spacial score (nSPS) is 11.7. The second kappa shape index (κ2) is 4.86. The van der Waals surface area contributed by atoms with Gasteiger partial charge in [-0.05, 0) is 30.7 Å². The van der Waals surface area contributed by atoms with Gasteiger partial charge in [-0.15, -0.1) is 11.3 Å². The Morgan fingerprint density at radius 3 is 2.50 bits per heavy atom. The number of aromatic nitrogens is 1. The first-order chi connectivity index (χ1) is 9.18. The molecule has 0 aliphatic rings. The minimum absolute atomic E-state index is 0.000000000000000222. The van der Waals surface area contributed by atoms with Gasteiger partial charge in [-0.1, -0.05) is 0 Å². The van der Waals surface area contributed by atoms with Gasteiger partial charge in [0.1, 0.15) is 5.82 Å². The van der Waals surface area contributed by atoms with Gasteiger partial charge in [0.2, 0.25) is 0 Å². The highest BCUT2D eigenvalue weighted by atomic mass is 32.1. The van der Waals surface area contributed by atoms with E-state index in [1.165, 1.54) is 6.92 Å². The third kappa shape index (κ3) is 2.79. The maximum Gasteiger partial charge on any atom is 0.416 e. The fourth-order valence-electron chi connectivity index (χ4n) is 1.65. The van der Waals surface area contributed by atoms with Crippen molar-refractivity contribution in [2.45, 2.75) is 13.1 Å². The smallest absolute Gasteiger partial charge is 0.416 e. The zero-order valence-corrected chi connectivity index (χ0v) is 10.8. The van der Waals surface area contributed by atoms with Crippen molar-refractivity contribution in [1.29, 1.82) is 0 Å². The zero-order valence-electron chi connectivity index (χ0n) is 9.95. The van der Waals surface area contributed by atoms with Crippen molar-refractivity contribution in [3.63, 3.8) is 0 Å². The van der Waals surface area contributed by atoms with Crippen LogP contribution in [0.25, 0.3) is 10.4 Å². The number of carboxylic acid groups (broad SMARTS) is 1. The molecule has 0 fully saturated rings. The molecule has 1 aromatic carbocycles. The molecule has 0 bridgehead atoms. The van der Waals surface area contributed by atoms with E-state index in [4.69, 9.17) is 5.11 Å². The summed E-state index contributed by atoms with van der Waals surface area (Å²) in [6.45, 7) is 1.52. The van der Waals surface area contributed by atoms with E-state index < -0.39 is 23.5 Å². The second-order valence-electron chi connectivity index (χ2n) is 3.94. The molecule has 0 unspecified atom stereocenters. The van der Waals surface area contributed by atoms with Gasteiger partial charge in [-0.3, -0.25) is 0 Å². The number of halogens is 4. The quantitative estimate of drug-likeness (QED) is 0.854. The van der Waals surface area contributed by atoms with Crippen LogP contribution < -0.4 is 0 Å². The van der Waals surface area contributed by atoms with Crippen LogP contribution in [0.15, 0.2) is 18.2 Å². The summed E-state index contributed by atoms with van der Waals surface area (Å²) in [4.78, 5) is 14.7. The number of aryl methyl sites for hydroxylation is 1. The lowest BCUT2D eigenvalue weighted by molar-refractivity contribution is -0.137. The lowest BCUT2D eigenvalue weighted by Crippen LogP contribution is -2.06. The van der Waals surface area contributed by atoms with Crippen LogP contribution in [0.2, 0.25) is 0 Å². The van der Waals surface area contributed by atoms with Crippen LogP contribution in [0.3, 0.4) is 0 Å². The van der Waals surface area contributed by atoms with Crippen molar-refractivity contribution in [2.75, 3.05) is 0 Å². The molecule has 1 heterocycles. The molecule has 0 saturated heterocycles. The highest BCUT2D eigenvalue weighted by Gasteiger charge is 2.32. The fraction of sp³-hybridized carbons (Fsp3) is 0.167. The van der Waals surface area contributed by atoms with Crippen molar-refractivity contribution >= 4 is 17.3 Å². The fourth-order valence-corrected chi connectivity index (χ4v) is 2.55. The predicted molar refractivity (Wildman–Crippen MR) is 64.2 cm³/mol. The Labute approximate surface area is 114 Å². The van der Waals surface area contributed by atoms with Crippen LogP contribution in [0.1, 0.15) is 21.1 Å². The number of benzene rings is 1. The molecule has 0 spiro atoms. The SMILES string of the molecule is Cc1nc(C(=O)O)c(-c2cc(F)cc(C(F)(F)F)c2)s1. The van der Waals surface area contributed by atoms with E-state index in [0.717, 1.165) is 17.4 Å². The first-order valence-corrected chi connectivity index (χ1v) is 6.09. The van der Waals surface area contributed by atoms with Gasteiger partial charge in [-0.2, -0.15) is 13.2 Å². The molecule has 106 valence electrons. The van der Waals surface area contributed by atoms with Gasteiger partial charge >= 0.3 is 12.1 Å². The van der Waals surface area contributed by atoms with Crippen molar-refractivity contribution in [3.8, 4) is 10.4 Å². The number of alkyl halides is 3. The number of hydrogen-bond donors (Lipinski definition) is 1. The Kier molecular flexibility index (Phi) is 3.51. The lowest BCUT2D eigenvalue weighted by Gasteiger charge is -2.08. The van der Waals surface area contributed by atoms with Gasteiger partial charge < -0.3 is 5.11 Å². The average molecular weight is 305 g/mol. The van der Waals surface area contributed by atoms with Gasteiger partial charge in [0.15, 0.2) is 5.69 Å². The molecule has 0 atom stereocenters. The first kappa shape index (κ1) is 14.4. The molecule has 0 saturated carbocycles. The molecule has 20 heavy (non-hydrogen) atoms. The van der Waals surface area contributed by atoms with E-state index >= 15 is 0 Å². The Morgan fingerprint density at radius 2 is 1.95 bits per heavy atom. The van der Waals surface area contributed by atoms with Gasteiger partial charge in [-0.25, -0.2) is 14.2 Å². The van der Waals surface area contributed by atoms with E-state index in [-0.39, 0.29) is 16.1 Å². The number of carbonyl (C=O) groups is 1. The minimum atomic E-state index is -4.71. The summed E-state index contributed by atoms with van der Waals surface area (Å²) in [5.41, 5.74) is -1.71. The van der Waals surface area contributed by atoms with Crippen LogP contribution in [-0.2, 0) is 6.18 Å². The maximum atomic E-state index is 13.3. The Bertz CT molecular complexity index is 679. The molecule has 8 heteroatoms. The standard InChI is InChI=1S/C12H7F4NO2S/c1-5-17-9(11(18)19)10(20-5)6-2-7(12(14,15)16)4-8(13)3-6/h2-4H,1H3,(H,18,19). The summed E-state index contributed by atoms with van der Waals surface area (Å²) in [7, 11) is 0. The van der Waals surface area contributed by atoms with Gasteiger partial charge in [0.25, 0.3) is 0 Å². The summed E-state index contributed by atoms with van der Waals surface area (Å²) in [6.07, 6.45) is -4.71. The molecular formula is C12H7F4NO2S. The summed E-state index contributed by atoms with van der Waals surface area (Å²) < 4.78 is 51.2. The molecule has 2 rings (SSSR count). The summed E-state index contributed by atoms with van der Waals surface area (Å²) in [5.74, 6) is -2.46. The predicted octanol–water partition coefficient (Wildman–Crippen LogP) is 3.97. The van der Waals surface area contributed by atoms with Crippen LogP contribution >= 0.6 is 11.3 Å². The Hall–Kier alpha value is -1.96. The number of nitrogens with zero attached hydrogens (tertiary/aromatic N) is 1. The van der Waals surface area contributed by atoms with E-state index in [1.807, 2.05) is 0 Å². The summed E-state index contributed by atoms with van der Waals surface area (Å²) >= 11 is 0.898. The molecule has 3 nitrogen and oxygen atoms in total. The summed E-state index contributed by atoms with van der Waals surface area (Å²) in [6, 6.07) is 1.93. The second-order valence-corrected chi connectivity index (χ2v) is 5.15. The van der Waals surface area contributed by atoms with E-state index in [1.54, 1.807) is 0 Å². The van der Waals surface area contributed by atoms with Crippen molar-refractivity contribution < 1.29 is 27.5 Å². The van der Waals surface area contributed by atoms with E-state index in [9.17, 15) is 22.4 Å². The molecule has 0 amide bonds. The van der Waals surface area contributed by atoms with Crippen LogP contribution in [0.5, 0.6) is 0 Å². The highest BCUT2D eigenvalue weighted by molar-refractivity contribution is 7.15. The van der Waals surface area contributed by atoms with Crippen LogP contribution in [-0.4, -0.2) is 16.1 Å². The van der Waals surface area contributed by atoms with Crippen LogP contribution in [0.4, 0.5) is 17.6 Å². The molecule has 1 N–H and O–H groups in total. The van der Waals surface area contributed by atoms with Gasteiger partial charge in [0, 0.05) is 0 Å². The van der Waals surface area contributed by atoms with E-state index in [2.05, 4.69) is 4.98 Å². The molecule has 0 aliphatic carbocycles. The molecule has 1 aromatic heterocycles. The molecular weight excluding hydrogens is 298 g/mol. The maximum absolute atomic E-state index is 13.3. The first-order valence-electron chi connectivity index (χ1n) is 5.27. The molecule has 0 radical (unpaired) electrons. The number of aromatic carboxylic acids is 1. The topological polar surface area (TPSA) is 50.2 Å². The lowest BCUT2D eigenvalue weighted by atomic mass is 10.1. The van der Waals surface area contributed by atoms with Crippen molar-refractivity contribution in [2.24, 2.45) is 0 Å².